The van der Waals surface area contributed by atoms with Gasteiger partial charge >= 0.3 is 0 Å². The largest absolute Gasteiger partial charge is 0.391 e. The fraction of sp³-hybridized carbons (Fsp3) is 0.938. The number of carbonyl (C=O) groups excluding carboxylic acids is 1. The van der Waals surface area contributed by atoms with Crippen LogP contribution in [0, 0.1) is 17.8 Å². The molecular weight excluding hydrogens is 252 g/mol. The van der Waals surface area contributed by atoms with Crippen molar-refractivity contribution < 1.29 is 9.90 Å². The SMILES string of the molecule is CCC(CC)C(O)CNC(=O)CC(C)C1CCCNC1. The summed E-state index contributed by atoms with van der Waals surface area (Å²) in [6.45, 7) is 8.85. The van der Waals surface area contributed by atoms with Gasteiger partial charge in [0.25, 0.3) is 0 Å². The molecular formula is C16H32N2O2. The van der Waals surface area contributed by atoms with E-state index in [0.717, 1.165) is 25.9 Å². The Morgan fingerprint density at radius 1 is 1.40 bits per heavy atom. The molecule has 0 aromatic heterocycles. The number of piperidine rings is 1. The number of amides is 1. The van der Waals surface area contributed by atoms with Crippen molar-refractivity contribution in [1.82, 2.24) is 10.6 Å². The van der Waals surface area contributed by atoms with E-state index in [1.165, 1.54) is 12.8 Å². The number of hydrogen-bond donors (Lipinski definition) is 3. The van der Waals surface area contributed by atoms with E-state index in [1.54, 1.807) is 0 Å². The third-order valence-electron chi connectivity index (χ3n) is 4.75. The zero-order valence-corrected chi connectivity index (χ0v) is 13.3. The van der Waals surface area contributed by atoms with Crippen LogP contribution in [0.25, 0.3) is 0 Å². The minimum atomic E-state index is -0.416. The van der Waals surface area contributed by atoms with Crippen molar-refractivity contribution in [3.05, 3.63) is 0 Å². The second kappa shape index (κ2) is 9.35. The van der Waals surface area contributed by atoms with Crippen molar-refractivity contribution in [1.29, 1.82) is 0 Å². The zero-order valence-electron chi connectivity index (χ0n) is 13.3. The van der Waals surface area contributed by atoms with Gasteiger partial charge in [-0.05, 0) is 43.7 Å². The zero-order chi connectivity index (χ0) is 15.0. The Hall–Kier alpha value is -0.610. The predicted octanol–water partition coefficient (Wildman–Crippen LogP) is 1.93. The summed E-state index contributed by atoms with van der Waals surface area (Å²) in [5, 5.41) is 16.3. The summed E-state index contributed by atoms with van der Waals surface area (Å²) in [5.41, 5.74) is 0. The summed E-state index contributed by atoms with van der Waals surface area (Å²) in [6, 6.07) is 0. The van der Waals surface area contributed by atoms with Gasteiger partial charge in [0.15, 0.2) is 0 Å². The molecule has 1 heterocycles. The maximum atomic E-state index is 12.0. The van der Waals surface area contributed by atoms with Gasteiger partial charge in [0.1, 0.15) is 0 Å². The Kier molecular flexibility index (Phi) is 8.15. The molecule has 0 radical (unpaired) electrons. The average molecular weight is 284 g/mol. The molecule has 3 unspecified atom stereocenters. The summed E-state index contributed by atoms with van der Waals surface area (Å²) in [4.78, 5) is 12.0. The lowest BCUT2D eigenvalue weighted by atomic mass is 9.85. The van der Waals surface area contributed by atoms with Crippen LogP contribution in [0.3, 0.4) is 0 Å². The molecule has 4 nitrogen and oxygen atoms in total. The molecule has 0 bridgehead atoms. The summed E-state index contributed by atoms with van der Waals surface area (Å²) in [6.07, 6.45) is 4.50. The fourth-order valence-corrected chi connectivity index (χ4v) is 3.11. The molecule has 0 aromatic carbocycles. The molecule has 1 fully saturated rings. The molecule has 1 amide bonds. The van der Waals surface area contributed by atoms with Crippen LogP contribution in [-0.4, -0.2) is 36.8 Å². The van der Waals surface area contributed by atoms with Gasteiger partial charge in [-0.25, -0.2) is 0 Å². The summed E-state index contributed by atoms with van der Waals surface area (Å²) < 4.78 is 0. The molecule has 3 N–H and O–H groups in total. The minimum Gasteiger partial charge on any atom is -0.391 e. The van der Waals surface area contributed by atoms with E-state index in [9.17, 15) is 9.90 Å². The first kappa shape index (κ1) is 17.4. The van der Waals surface area contributed by atoms with E-state index >= 15 is 0 Å². The second-order valence-corrected chi connectivity index (χ2v) is 6.24. The lowest BCUT2D eigenvalue weighted by Gasteiger charge is -2.28. The molecule has 0 spiro atoms. The van der Waals surface area contributed by atoms with E-state index in [0.29, 0.717) is 24.8 Å². The van der Waals surface area contributed by atoms with Crippen LogP contribution in [0.1, 0.15) is 52.9 Å². The van der Waals surface area contributed by atoms with Gasteiger partial charge in [-0.1, -0.05) is 33.6 Å². The summed E-state index contributed by atoms with van der Waals surface area (Å²) in [5.74, 6) is 1.38. The van der Waals surface area contributed by atoms with Crippen LogP contribution in [-0.2, 0) is 4.79 Å². The molecule has 4 heteroatoms. The molecule has 1 saturated heterocycles. The quantitative estimate of drug-likeness (QED) is 0.638. The van der Waals surface area contributed by atoms with Gasteiger partial charge in [-0.15, -0.1) is 0 Å². The standard InChI is InChI=1S/C16H32N2O2/c1-4-13(5-2)15(19)11-18-16(20)9-12(3)14-7-6-8-17-10-14/h12-15,17,19H,4-11H2,1-3H3,(H,18,20). The lowest BCUT2D eigenvalue weighted by molar-refractivity contribution is -0.123. The van der Waals surface area contributed by atoms with Crippen molar-refractivity contribution >= 4 is 5.91 Å². The molecule has 118 valence electrons. The number of aliphatic hydroxyl groups is 1. The van der Waals surface area contributed by atoms with Crippen LogP contribution in [0.15, 0.2) is 0 Å². The number of aliphatic hydroxyl groups excluding tert-OH is 1. The van der Waals surface area contributed by atoms with Crippen molar-refractivity contribution in [3.63, 3.8) is 0 Å². The fourth-order valence-electron chi connectivity index (χ4n) is 3.11. The average Bonchev–Trinajstić information content (AvgIpc) is 2.47. The van der Waals surface area contributed by atoms with E-state index in [4.69, 9.17) is 0 Å². The topological polar surface area (TPSA) is 61.4 Å². The second-order valence-electron chi connectivity index (χ2n) is 6.24. The Balaban J connectivity index is 2.25. The van der Waals surface area contributed by atoms with Crippen molar-refractivity contribution in [2.45, 2.75) is 59.0 Å². The van der Waals surface area contributed by atoms with Crippen LogP contribution >= 0.6 is 0 Å². The maximum Gasteiger partial charge on any atom is 0.220 e. The third kappa shape index (κ3) is 5.80. The normalized spacial score (nSPS) is 22.6. The highest BCUT2D eigenvalue weighted by Crippen LogP contribution is 2.22. The Labute approximate surface area is 123 Å². The molecule has 20 heavy (non-hydrogen) atoms. The number of rotatable bonds is 8. The molecule has 1 rings (SSSR count). The van der Waals surface area contributed by atoms with E-state index < -0.39 is 6.10 Å². The van der Waals surface area contributed by atoms with Gasteiger partial charge in [-0.2, -0.15) is 0 Å². The smallest absolute Gasteiger partial charge is 0.220 e. The van der Waals surface area contributed by atoms with E-state index in [1.807, 2.05) is 0 Å². The Morgan fingerprint density at radius 3 is 2.65 bits per heavy atom. The molecule has 0 aromatic rings. The number of hydrogen-bond acceptors (Lipinski definition) is 3. The first-order valence-electron chi connectivity index (χ1n) is 8.23. The van der Waals surface area contributed by atoms with E-state index in [2.05, 4.69) is 31.4 Å². The Bertz CT molecular complexity index is 274. The number of nitrogens with one attached hydrogen (secondary N) is 2. The maximum absolute atomic E-state index is 12.0. The monoisotopic (exact) mass is 284 g/mol. The van der Waals surface area contributed by atoms with Crippen LogP contribution in [0.4, 0.5) is 0 Å². The summed E-state index contributed by atoms with van der Waals surface area (Å²) >= 11 is 0. The highest BCUT2D eigenvalue weighted by molar-refractivity contribution is 5.76. The first-order chi connectivity index (χ1) is 9.58. The molecule has 0 saturated carbocycles. The van der Waals surface area contributed by atoms with Crippen molar-refractivity contribution in [2.24, 2.45) is 17.8 Å². The van der Waals surface area contributed by atoms with Crippen LogP contribution in [0.5, 0.6) is 0 Å². The van der Waals surface area contributed by atoms with Crippen LogP contribution < -0.4 is 10.6 Å². The third-order valence-corrected chi connectivity index (χ3v) is 4.75. The lowest BCUT2D eigenvalue weighted by Crippen LogP contribution is -2.38. The first-order valence-corrected chi connectivity index (χ1v) is 8.23. The van der Waals surface area contributed by atoms with Gasteiger partial charge in [-0.3, -0.25) is 4.79 Å². The molecule has 0 aliphatic carbocycles. The van der Waals surface area contributed by atoms with Gasteiger partial charge in [0, 0.05) is 13.0 Å². The van der Waals surface area contributed by atoms with Crippen molar-refractivity contribution in [3.8, 4) is 0 Å². The Morgan fingerprint density at radius 2 is 2.10 bits per heavy atom. The summed E-state index contributed by atoms with van der Waals surface area (Å²) in [7, 11) is 0. The van der Waals surface area contributed by atoms with E-state index in [-0.39, 0.29) is 11.8 Å². The number of carbonyl (C=O) groups is 1. The predicted molar refractivity (Wildman–Crippen MR) is 82.5 cm³/mol. The molecule has 1 aliphatic rings. The molecule has 1 aliphatic heterocycles. The highest BCUT2D eigenvalue weighted by Gasteiger charge is 2.22. The van der Waals surface area contributed by atoms with Crippen LogP contribution in [0.2, 0.25) is 0 Å². The molecule has 3 atom stereocenters. The van der Waals surface area contributed by atoms with Crippen molar-refractivity contribution in [2.75, 3.05) is 19.6 Å². The minimum absolute atomic E-state index is 0.0769. The van der Waals surface area contributed by atoms with Gasteiger partial charge in [0.05, 0.1) is 6.10 Å². The highest BCUT2D eigenvalue weighted by atomic mass is 16.3. The van der Waals surface area contributed by atoms with Gasteiger partial charge < -0.3 is 15.7 Å². The van der Waals surface area contributed by atoms with Gasteiger partial charge in [0.2, 0.25) is 5.91 Å².